The normalized spacial score (nSPS) is 19.7. The SMILES string of the molecule is CCCCCOc1cc(C)cc(C(N)=O)c1C.C[C@@H]1CCNC[C@H]1O. The summed E-state index contributed by atoms with van der Waals surface area (Å²) in [6, 6.07) is 3.75. The minimum absolute atomic E-state index is 0.108. The number of carbonyl (C=O) groups excluding carboxylic acids is 1. The Morgan fingerprint density at radius 2 is 2.08 bits per heavy atom. The number of nitrogens with two attached hydrogens (primary N) is 1. The highest BCUT2D eigenvalue weighted by Gasteiger charge is 2.17. The number of primary amides is 1. The predicted octanol–water partition coefficient (Wildman–Crippen LogP) is 2.95. The van der Waals surface area contributed by atoms with Crippen LogP contribution in [0.1, 0.15) is 61.0 Å². The fourth-order valence-electron chi connectivity index (χ4n) is 2.74. The van der Waals surface area contributed by atoms with Gasteiger partial charge in [0.1, 0.15) is 5.75 Å². The molecule has 0 saturated carbocycles. The van der Waals surface area contributed by atoms with E-state index in [9.17, 15) is 4.79 Å². The van der Waals surface area contributed by atoms with E-state index in [-0.39, 0.29) is 6.10 Å². The highest BCUT2D eigenvalue weighted by atomic mass is 16.5. The molecule has 0 radical (unpaired) electrons. The Kier molecular flexibility index (Phi) is 9.53. The molecule has 5 heteroatoms. The largest absolute Gasteiger partial charge is 0.493 e. The van der Waals surface area contributed by atoms with Crippen molar-refractivity contribution in [2.24, 2.45) is 11.7 Å². The van der Waals surface area contributed by atoms with Crippen molar-refractivity contribution in [3.05, 3.63) is 28.8 Å². The maximum absolute atomic E-state index is 11.3. The number of hydrogen-bond donors (Lipinski definition) is 3. The molecule has 5 nitrogen and oxygen atoms in total. The minimum atomic E-state index is -0.399. The summed E-state index contributed by atoms with van der Waals surface area (Å²) in [6.07, 6.45) is 4.37. The van der Waals surface area contributed by atoms with Crippen LogP contribution < -0.4 is 15.8 Å². The van der Waals surface area contributed by atoms with Gasteiger partial charge in [0.2, 0.25) is 5.91 Å². The second-order valence-electron chi connectivity index (χ2n) is 6.89. The Hall–Kier alpha value is -1.59. The molecule has 0 spiro atoms. The van der Waals surface area contributed by atoms with Crippen LogP contribution in [0.15, 0.2) is 12.1 Å². The third-order valence-electron chi connectivity index (χ3n) is 4.56. The Balaban J connectivity index is 0.000000324. The fourth-order valence-corrected chi connectivity index (χ4v) is 2.74. The van der Waals surface area contributed by atoms with Gasteiger partial charge in [-0.05, 0) is 56.8 Å². The third kappa shape index (κ3) is 7.45. The molecule has 142 valence electrons. The van der Waals surface area contributed by atoms with Gasteiger partial charge in [-0.25, -0.2) is 0 Å². The third-order valence-corrected chi connectivity index (χ3v) is 4.56. The summed E-state index contributed by atoms with van der Waals surface area (Å²) in [4.78, 5) is 11.3. The maximum Gasteiger partial charge on any atom is 0.249 e. The molecule has 25 heavy (non-hydrogen) atoms. The van der Waals surface area contributed by atoms with Gasteiger partial charge in [0, 0.05) is 17.7 Å². The van der Waals surface area contributed by atoms with E-state index in [1.807, 2.05) is 19.9 Å². The van der Waals surface area contributed by atoms with Crippen molar-refractivity contribution >= 4 is 5.91 Å². The number of hydrogen-bond acceptors (Lipinski definition) is 4. The van der Waals surface area contributed by atoms with Crippen LogP contribution in [0.2, 0.25) is 0 Å². The molecule has 0 bridgehead atoms. The van der Waals surface area contributed by atoms with Gasteiger partial charge in [0.05, 0.1) is 12.7 Å². The van der Waals surface area contributed by atoms with Crippen LogP contribution in [0.3, 0.4) is 0 Å². The number of aliphatic hydroxyl groups excluding tert-OH is 1. The summed E-state index contributed by atoms with van der Waals surface area (Å²) >= 11 is 0. The first-order valence-electron chi connectivity index (χ1n) is 9.29. The van der Waals surface area contributed by atoms with Gasteiger partial charge in [-0.3, -0.25) is 4.79 Å². The topological polar surface area (TPSA) is 84.6 Å². The molecule has 0 aromatic heterocycles. The highest BCUT2D eigenvalue weighted by Crippen LogP contribution is 2.24. The zero-order valence-electron chi connectivity index (χ0n) is 16.1. The summed E-state index contributed by atoms with van der Waals surface area (Å²) in [6.45, 7) is 10.6. The Morgan fingerprint density at radius 3 is 2.60 bits per heavy atom. The van der Waals surface area contributed by atoms with Crippen LogP contribution in [0.4, 0.5) is 0 Å². The van der Waals surface area contributed by atoms with Crippen LogP contribution in [0.5, 0.6) is 5.75 Å². The molecule has 0 unspecified atom stereocenters. The average molecular weight is 351 g/mol. The van der Waals surface area contributed by atoms with E-state index >= 15 is 0 Å². The fraction of sp³-hybridized carbons (Fsp3) is 0.650. The molecule has 1 heterocycles. The van der Waals surface area contributed by atoms with E-state index in [0.29, 0.717) is 18.1 Å². The number of piperidine rings is 1. The first kappa shape index (κ1) is 21.5. The molecule has 1 aliphatic rings. The number of ether oxygens (including phenoxy) is 1. The lowest BCUT2D eigenvalue weighted by molar-refractivity contribution is 0.0914. The number of rotatable bonds is 6. The number of nitrogens with one attached hydrogen (secondary N) is 1. The predicted molar refractivity (Wildman–Crippen MR) is 102 cm³/mol. The molecule has 1 amide bonds. The summed E-state index contributed by atoms with van der Waals surface area (Å²) in [7, 11) is 0. The lowest BCUT2D eigenvalue weighted by Crippen LogP contribution is -2.39. The van der Waals surface area contributed by atoms with Gasteiger partial charge in [0.25, 0.3) is 0 Å². The lowest BCUT2D eigenvalue weighted by Gasteiger charge is -2.24. The molecule has 1 aromatic rings. The van der Waals surface area contributed by atoms with Gasteiger partial charge in [-0.1, -0.05) is 26.7 Å². The first-order valence-corrected chi connectivity index (χ1v) is 9.29. The number of aryl methyl sites for hydroxylation is 1. The van der Waals surface area contributed by atoms with E-state index < -0.39 is 5.91 Å². The number of benzene rings is 1. The Morgan fingerprint density at radius 1 is 1.36 bits per heavy atom. The molecule has 1 fully saturated rings. The number of aliphatic hydroxyl groups is 1. The van der Waals surface area contributed by atoms with Gasteiger partial charge in [0.15, 0.2) is 0 Å². The minimum Gasteiger partial charge on any atom is -0.493 e. The van der Waals surface area contributed by atoms with E-state index in [0.717, 1.165) is 49.2 Å². The van der Waals surface area contributed by atoms with E-state index in [1.54, 1.807) is 6.07 Å². The van der Waals surface area contributed by atoms with Crippen LogP contribution in [0, 0.1) is 19.8 Å². The monoisotopic (exact) mass is 350 g/mol. The first-order chi connectivity index (χ1) is 11.9. The molecular weight excluding hydrogens is 316 g/mol. The van der Waals surface area contributed by atoms with Crippen molar-refractivity contribution in [1.82, 2.24) is 5.32 Å². The van der Waals surface area contributed by atoms with Crippen molar-refractivity contribution in [3.63, 3.8) is 0 Å². The van der Waals surface area contributed by atoms with Crippen molar-refractivity contribution in [1.29, 1.82) is 0 Å². The molecule has 1 aliphatic heterocycles. The molecule has 1 aromatic carbocycles. The highest BCUT2D eigenvalue weighted by molar-refractivity contribution is 5.95. The summed E-state index contributed by atoms with van der Waals surface area (Å²) in [5.74, 6) is 0.871. The van der Waals surface area contributed by atoms with E-state index in [1.165, 1.54) is 6.42 Å². The molecule has 4 N–H and O–H groups in total. The van der Waals surface area contributed by atoms with Crippen LogP contribution in [0.25, 0.3) is 0 Å². The van der Waals surface area contributed by atoms with E-state index in [2.05, 4.69) is 19.2 Å². The number of carbonyl (C=O) groups is 1. The van der Waals surface area contributed by atoms with Gasteiger partial charge in [-0.2, -0.15) is 0 Å². The average Bonchev–Trinajstić information content (AvgIpc) is 2.57. The van der Waals surface area contributed by atoms with Crippen LogP contribution in [-0.4, -0.2) is 36.8 Å². The second-order valence-corrected chi connectivity index (χ2v) is 6.89. The molecule has 2 atom stereocenters. The van der Waals surface area contributed by atoms with Crippen molar-refractivity contribution < 1.29 is 14.6 Å². The summed E-state index contributed by atoms with van der Waals surface area (Å²) < 4.78 is 5.70. The molecule has 0 aliphatic carbocycles. The van der Waals surface area contributed by atoms with Gasteiger partial charge < -0.3 is 20.9 Å². The lowest BCUT2D eigenvalue weighted by atomic mass is 9.98. The van der Waals surface area contributed by atoms with Gasteiger partial charge in [-0.15, -0.1) is 0 Å². The number of amides is 1. The van der Waals surface area contributed by atoms with Crippen molar-refractivity contribution in [2.75, 3.05) is 19.7 Å². The summed E-state index contributed by atoms with van der Waals surface area (Å²) in [5.41, 5.74) is 7.71. The zero-order valence-corrected chi connectivity index (χ0v) is 16.1. The Bertz CT molecular complexity index is 536. The standard InChI is InChI=1S/C14H21NO2.C6H13NO/c1-4-5-6-7-17-13-9-10(2)8-12(11(13)3)14(15)16;1-5-2-3-7-4-6(5)8/h8-9H,4-7H2,1-3H3,(H2,15,16);5-8H,2-4H2,1H3/t;5-,6-/m.1/s1. The quantitative estimate of drug-likeness (QED) is 0.689. The summed E-state index contributed by atoms with van der Waals surface area (Å²) in [5, 5.41) is 12.2. The smallest absolute Gasteiger partial charge is 0.249 e. The maximum atomic E-state index is 11.3. The molecular formula is C20H34N2O3. The number of unbranched alkanes of at least 4 members (excludes halogenated alkanes) is 2. The molecule has 1 saturated heterocycles. The molecule has 2 rings (SSSR count). The van der Waals surface area contributed by atoms with Crippen molar-refractivity contribution in [2.45, 2.75) is 59.5 Å². The second kappa shape index (κ2) is 11.1. The van der Waals surface area contributed by atoms with Crippen LogP contribution >= 0.6 is 0 Å². The number of β-amino-alcohol motifs (C(OH)–C–C–N with tert-alkyl or cyclic N) is 1. The van der Waals surface area contributed by atoms with E-state index in [4.69, 9.17) is 15.6 Å². The van der Waals surface area contributed by atoms with Crippen molar-refractivity contribution in [3.8, 4) is 5.75 Å². The van der Waals surface area contributed by atoms with Gasteiger partial charge >= 0.3 is 0 Å². The zero-order chi connectivity index (χ0) is 18.8. The van der Waals surface area contributed by atoms with Crippen LogP contribution in [-0.2, 0) is 0 Å². The Labute approximate surface area is 151 Å².